The third kappa shape index (κ3) is 3.36. The highest BCUT2D eigenvalue weighted by Gasteiger charge is 2.24. The fourth-order valence-corrected chi connectivity index (χ4v) is 3.76. The lowest BCUT2D eigenvalue weighted by molar-refractivity contribution is 0.248. The van der Waals surface area contributed by atoms with Gasteiger partial charge in [0.25, 0.3) is 0 Å². The summed E-state index contributed by atoms with van der Waals surface area (Å²) in [6.07, 6.45) is 0.768. The van der Waals surface area contributed by atoms with Crippen LogP contribution in [0, 0.1) is 5.82 Å². The van der Waals surface area contributed by atoms with Crippen molar-refractivity contribution in [3.05, 3.63) is 58.9 Å². The maximum Gasteiger partial charge on any atom is 0.319 e. The van der Waals surface area contributed by atoms with E-state index in [9.17, 15) is 9.18 Å². The summed E-state index contributed by atoms with van der Waals surface area (Å²) in [5, 5.41) is 6.19. The van der Waals surface area contributed by atoms with Crippen LogP contribution in [0.4, 0.5) is 14.9 Å². The van der Waals surface area contributed by atoms with Gasteiger partial charge in [-0.25, -0.2) is 9.18 Å². The van der Waals surface area contributed by atoms with E-state index in [1.54, 1.807) is 30.3 Å². The molecule has 1 aliphatic rings. The Bertz CT molecular complexity index is 710. The van der Waals surface area contributed by atoms with Gasteiger partial charge in [0.1, 0.15) is 5.82 Å². The first-order chi connectivity index (χ1) is 10.6. The smallest absolute Gasteiger partial charge is 0.319 e. The average molecular weight is 337 g/mol. The van der Waals surface area contributed by atoms with Gasteiger partial charge in [-0.15, -0.1) is 11.8 Å². The molecule has 0 bridgehead atoms. The van der Waals surface area contributed by atoms with Crippen molar-refractivity contribution in [3.8, 4) is 0 Å². The molecule has 0 aliphatic carbocycles. The zero-order chi connectivity index (χ0) is 15.5. The van der Waals surface area contributed by atoms with E-state index in [0.717, 1.165) is 17.7 Å². The van der Waals surface area contributed by atoms with Crippen LogP contribution in [0.3, 0.4) is 0 Å². The van der Waals surface area contributed by atoms with Crippen molar-refractivity contribution >= 4 is 35.1 Å². The molecule has 2 amide bonds. The molecular weight excluding hydrogens is 323 g/mol. The predicted molar refractivity (Wildman–Crippen MR) is 88.1 cm³/mol. The Labute approximate surface area is 137 Å². The number of carbonyl (C=O) groups excluding carboxylic acids is 1. The van der Waals surface area contributed by atoms with Crippen molar-refractivity contribution in [1.82, 2.24) is 5.32 Å². The van der Waals surface area contributed by atoms with E-state index in [4.69, 9.17) is 11.6 Å². The molecule has 6 heteroatoms. The Hall–Kier alpha value is -1.72. The number of amides is 2. The monoisotopic (exact) mass is 336 g/mol. The highest BCUT2D eigenvalue weighted by atomic mass is 35.5. The van der Waals surface area contributed by atoms with Gasteiger partial charge >= 0.3 is 6.03 Å². The third-order valence-electron chi connectivity index (χ3n) is 3.41. The van der Waals surface area contributed by atoms with Gasteiger partial charge in [-0.1, -0.05) is 29.8 Å². The van der Waals surface area contributed by atoms with E-state index in [2.05, 4.69) is 10.6 Å². The fourth-order valence-electron chi connectivity index (χ4n) is 2.43. The van der Waals surface area contributed by atoms with E-state index >= 15 is 0 Å². The number of urea groups is 1. The molecule has 3 nitrogen and oxygen atoms in total. The zero-order valence-corrected chi connectivity index (χ0v) is 13.2. The van der Waals surface area contributed by atoms with E-state index in [1.807, 2.05) is 6.07 Å². The van der Waals surface area contributed by atoms with Crippen molar-refractivity contribution in [2.24, 2.45) is 0 Å². The van der Waals surface area contributed by atoms with Crippen LogP contribution in [0.1, 0.15) is 18.0 Å². The van der Waals surface area contributed by atoms with Gasteiger partial charge in [0.15, 0.2) is 0 Å². The van der Waals surface area contributed by atoms with E-state index < -0.39 is 0 Å². The van der Waals surface area contributed by atoms with Gasteiger partial charge in [-0.2, -0.15) is 0 Å². The van der Waals surface area contributed by atoms with Crippen LogP contribution in [0.15, 0.2) is 47.4 Å². The van der Waals surface area contributed by atoms with Crippen LogP contribution in [0.25, 0.3) is 0 Å². The largest absolute Gasteiger partial charge is 0.331 e. The minimum Gasteiger partial charge on any atom is -0.331 e. The summed E-state index contributed by atoms with van der Waals surface area (Å²) in [6, 6.07) is 11.4. The SMILES string of the molecule is O=C(Nc1cccc(Cl)c1)NC1CCSc2c(F)cccc21. The van der Waals surface area contributed by atoms with Crippen molar-refractivity contribution in [3.63, 3.8) is 0 Å². The molecule has 2 aromatic rings. The first-order valence-corrected chi connectivity index (χ1v) is 8.24. The quantitative estimate of drug-likeness (QED) is 0.824. The molecule has 0 saturated carbocycles. The maximum absolute atomic E-state index is 13.8. The first-order valence-electron chi connectivity index (χ1n) is 6.88. The summed E-state index contributed by atoms with van der Waals surface area (Å²) < 4.78 is 13.8. The Morgan fingerprint density at radius 3 is 2.91 bits per heavy atom. The van der Waals surface area contributed by atoms with Crippen molar-refractivity contribution in [2.45, 2.75) is 17.4 Å². The van der Waals surface area contributed by atoms with Gasteiger partial charge in [-0.05, 0) is 36.2 Å². The second-order valence-corrected chi connectivity index (χ2v) is 6.50. The number of hydrogen-bond donors (Lipinski definition) is 2. The molecule has 1 heterocycles. The minimum atomic E-state index is -0.325. The Balaban J connectivity index is 1.72. The number of thioether (sulfide) groups is 1. The number of fused-ring (bicyclic) bond motifs is 1. The second kappa shape index (κ2) is 6.58. The van der Waals surface area contributed by atoms with E-state index in [0.29, 0.717) is 15.6 Å². The molecule has 22 heavy (non-hydrogen) atoms. The topological polar surface area (TPSA) is 41.1 Å². The standard InChI is InChI=1S/C16H14ClFN2OS/c17-10-3-1-4-11(9-10)19-16(21)20-14-7-8-22-15-12(14)5-2-6-13(15)18/h1-6,9,14H,7-8H2,(H2,19,20,21). The Kier molecular flexibility index (Phi) is 4.55. The third-order valence-corrected chi connectivity index (χ3v) is 4.81. The number of rotatable bonds is 2. The molecule has 0 saturated heterocycles. The zero-order valence-electron chi connectivity index (χ0n) is 11.6. The number of hydrogen-bond acceptors (Lipinski definition) is 2. The molecule has 0 fully saturated rings. The van der Waals surface area contributed by atoms with Crippen LogP contribution in [0.2, 0.25) is 5.02 Å². The summed E-state index contributed by atoms with van der Waals surface area (Å²) in [7, 11) is 0. The van der Waals surface area contributed by atoms with Crippen LogP contribution >= 0.6 is 23.4 Å². The molecule has 2 N–H and O–H groups in total. The number of anilines is 1. The van der Waals surface area contributed by atoms with Crippen molar-refractivity contribution in [1.29, 1.82) is 0 Å². The lowest BCUT2D eigenvalue weighted by atomic mass is 10.0. The molecular formula is C16H14ClFN2OS. The summed E-state index contributed by atoms with van der Waals surface area (Å²) in [4.78, 5) is 12.7. The Morgan fingerprint density at radius 2 is 2.09 bits per heavy atom. The summed E-state index contributed by atoms with van der Waals surface area (Å²) in [5.41, 5.74) is 1.45. The summed E-state index contributed by atoms with van der Waals surface area (Å²) >= 11 is 7.38. The molecule has 0 radical (unpaired) electrons. The predicted octanol–water partition coefficient (Wildman–Crippen LogP) is 4.84. The molecule has 1 atom stereocenters. The minimum absolute atomic E-state index is 0.189. The van der Waals surface area contributed by atoms with E-state index in [-0.39, 0.29) is 17.9 Å². The molecule has 0 aromatic heterocycles. The fraction of sp³-hybridized carbons (Fsp3) is 0.188. The number of nitrogens with one attached hydrogen (secondary N) is 2. The van der Waals surface area contributed by atoms with Crippen molar-refractivity contribution in [2.75, 3.05) is 11.1 Å². The highest BCUT2D eigenvalue weighted by Crippen LogP contribution is 2.37. The van der Waals surface area contributed by atoms with Gasteiger partial charge in [0.2, 0.25) is 0 Å². The highest BCUT2D eigenvalue weighted by molar-refractivity contribution is 7.99. The van der Waals surface area contributed by atoms with Gasteiger partial charge in [0, 0.05) is 21.4 Å². The van der Waals surface area contributed by atoms with Crippen molar-refractivity contribution < 1.29 is 9.18 Å². The molecule has 1 unspecified atom stereocenters. The van der Waals surface area contributed by atoms with Gasteiger partial charge in [-0.3, -0.25) is 0 Å². The average Bonchev–Trinajstić information content (AvgIpc) is 2.48. The lowest BCUT2D eigenvalue weighted by Gasteiger charge is -2.26. The summed E-state index contributed by atoms with van der Waals surface area (Å²) in [6.45, 7) is 0. The molecule has 2 aromatic carbocycles. The van der Waals surface area contributed by atoms with Crippen LogP contribution < -0.4 is 10.6 Å². The first kappa shape index (κ1) is 15.2. The Morgan fingerprint density at radius 1 is 1.27 bits per heavy atom. The number of carbonyl (C=O) groups is 1. The van der Waals surface area contributed by atoms with Gasteiger partial charge in [0.05, 0.1) is 6.04 Å². The lowest BCUT2D eigenvalue weighted by Crippen LogP contribution is -2.34. The van der Waals surface area contributed by atoms with Gasteiger partial charge < -0.3 is 10.6 Å². The van der Waals surface area contributed by atoms with Crippen LogP contribution in [-0.4, -0.2) is 11.8 Å². The number of benzene rings is 2. The van der Waals surface area contributed by atoms with Crippen LogP contribution in [-0.2, 0) is 0 Å². The molecule has 1 aliphatic heterocycles. The van der Waals surface area contributed by atoms with E-state index in [1.165, 1.54) is 17.8 Å². The number of halogens is 2. The maximum atomic E-state index is 13.8. The molecule has 3 rings (SSSR count). The molecule has 0 spiro atoms. The van der Waals surface area contributed by atoms with Crippen LogP contribution in [0.5, 0.6) is 0 Å². The molecule has 114 valence electrons. The second-order valence-electron chi connectivity index (χ2n) is 4.96. The summed E-state index contributed by atoms with van der Waals surface area (Å²) in [5.74, 6) is 0.542. The normalized spacial score (nSPS) is 16.7.